The van der Waals surface area contributed by atoms with E-state index in [1.165, 1.54) is 29.4 Å². The van der Waals surface area contributed by atoms with Crippen molar-refractivity contribution in [2.24, 2.45) is 5.11 Å². The van der Waals surface area contributed by atoms with Crippen molar-refractivity contribution in [3.63, 3.8) is 0 Å². The molecule has 0 unspecified atom stereocenters. The molecule has 0 spiro atoms. The summed E-state index contributed by atoms with van der Waals surface area (Å²) in [6.45, 7) is 7.83. The van der Waals surface area contributed by atoms with E-state index >= 15 is 0 Å². The Hall–Kier alpha value is -4.49. The molecule has 9 nitrogen and oxygen atoms in total. The maximum atomic E-state index is 13.1. The number of piperazine rings is 1. The van der Waals surface area contributed by atoms with Gasteiger partial charge in [-0.15, -0.1) is 0 Å². The highest BCUT2D eigenvalue weighted by Gasteiger charge is 2.31. The zero-order valence-electron chi connectivity index (χ0n) is 22.6. The van der Waals surface area contributed by atoms with E-state index in [0.717, 1.165) is 16.8 Å². The molecule has 1 saturated heterocycles. The number of hydrogen-bond acceptors (Lipinski definition) is 6. The largest absolute Gasteiger partial charge is 0.465 e. The van der Waals surface area contributed by atoms with Gasteiger partial charge in [0.2, 0.25) is 0 Å². The highest BCUT2D eigenvalue weighted by Crippen LogP contribution is 2.44. The first-order chi connectivity index (χ1) is 18.9. The Morgan fingerprint density at radius 2 is 1.51 bits per heavy atom. The molecule has 1 fully saturated rings. The van der Waals surface area contributed by atoms with Gasteiger partial charge in [0.05, 0.1) is 12.7 Å². The zero-order valence-corrected chi connectivity index (χ0v) is 22.6. The molecule has 0 aromatic heterocycles. The molecule has 2 aliphatic rings. The number of anilines is 1. The number of fused-ring (bicyclic) bond motifs is 3. The Morgan fingerprint density at radius 1 is 0.923 bits per heavy atom. The molecule has 3 aromatic rings. The van der Waals surface area contributed by atoms with Gasteiger partial charge < -0.3 is 19.3 Å². The van der Waals surface area contributed by atoms with E-state index in [0.29, 0.717) is 43.0 Å². The molecule has 5 rings (SSSR count). The van der Waals surface area contributed by atoms with E-state index in [4.69, 9.17) is 15.0 Å². The molecule has 200 valence electrons. The van der Waals surface area contributed by atoms with Crippen molar-refractivity contribution in [3.8, 4) is 11.1 Å². The summed E-state index contributed by atoms with van der Waals surface area (Å²) in [5.41, 5.74) is 17.7. The van der Waals surface area contributed by atoms with Crippen LogP contribution in [0.4, 0.5) is 16.2 Å². The summed E-state index contributed by atoms with van der Waals surface area (Å²) >= 11 is 0. The second-order valence-corrected chi connectivity index (χ2v) is 9.91. The van der Waals surface area contributed by atoms with Crippen molar-refractivity contribution < 1.29 is 19.1 Å². The predicted molar refractivity (Wildman–Crippen MR) is 150 cm³/mol. The number of esters is 1. The van der Waals surface area contributed by atoms with Crippen LogP contribution in [0.2, 0.25) is 0 Å². The van der Waals surface area contributed by atoms with Gasteiger partial charge in [-0.05, 0) is 65.2 Å². The first-order valence-corrected chi connectivity index (χ1v) is 13.0. The zero-order chi connectivity index (χ0) is 27.7. The molecular weight excluding hydrogens is 494 g/mol. The Bertz CT molecular complexity index is 1460. The first kappa shape index (κ1) is 26.1. The first-order valence-electron chi connectivity index (χ1n) is 13.0. The Balaban J connectivity index is 1.30. The molecule has 1 aliphatic carbocycles. The van der Waals surface area contributed by atoms with Crippen molar-refractivity contribution in [3.05, 3.63) is 92.4 Å². The summed E-state index contributed by atoms with van der Waals surface area (Å²) in [5, 5.41) is 3.88. The fourth-order valence-electron chi connectivity index (χ4n) is 6.07. The van der Waals surface area contributed by atoms with E-state index in [-0.39, 0.29) is 18.6 Å². The minimum absolute atomic E-state index is 0.0105. The van der Waals surface area contributed by atoms with Crippen LogP contribution in [-0.2, 0) is 9.47 Å². The summed E-state index contributed by atoms with van der Waals surface area (Å²) in [7, 11) is 1.33. The number of rotatable bonds is 5. The number of nitrogens with zero attached hydrogens (tertiary/aromatic N) is 5. The summed E-state index contributed by atoms with van der Waals surface area (Å²) in [6, 6.07) is 16.5. The van der Waals surface area contributed by atoms with Gasteiger partial charge in [-0.1, -0.05) is 53.6 Å². The summed E-state index contributed by atoms with van der Waals surface area (Å²) in [6.07, 6.45) is -0.334. The Labute approximate surface area is 227 Å². The van der Waals surface area contributed by atoms with Crippen LogP contribution in [0.1, 0.15) is 44.1 Å². The molecule has 0 N–H and O–H groups in total. The van der Waals surface area contributed by atoms with Gasteiger partial charge >= 0.3 is 12.1 Å². The van der Waals surface area contributed by atoms with Crippen LogP contribution in [0.25, 0.3) is 21.6 Å². The Morgan fingerprint density at radius 3 is 2.08 bits per heavy atom. The van der Waals surface area contributed by atoms with Gasteiger partial charge in [0, 0.05) is 48.4 Å². The van der Waals surface area contributed by atoms with Gasteiger partial charge in [0.1, 0.15) is 6.61 Å². The van der Waals surface area contributed by atoms with Crippen molar-refractivity contribution in [1.29, 1.82) is 0 Å². The summed E-state index contributed by atoms with van der Waals surface area (Å²) < 4.78 is 10.9. The second kappa shape index (κ2) is 10.7. The van der Waals surface area contributed by atoms with Crippen molar-refractivity contribution in [1.82, 2.24) is 4.90 Å². The van der Waals surface area contributed by atoms with Crippen LogP contribution < -0.4 is 4.90 Å². The van der Waals surface area contributed by atoms with Gasteiger partial charge in [-0.3, -0.25) is 0 Å². The lowest BCUT2D eigenvalue weighted by atomic mass is 9.94. The number of methoxy groups -OCH3 is 1. The van der Waals surface area contributed by atoms with Crippen LogP contribution in [0.3, 0.4) is 0 Å². The summed E-state index contributed by atoms with van der Waals surface area (Å²) in [5.74, 6) is -0.464. The highest BCUT2D eigenvalue weighted by molar-refractivity contribution is 5.97. The van der Waals surface area contributed by atoms with Crippen molar-refractivity contribution >= 4 is 23.4 Å². The number of hydrogen-bond donors (Lipinski definition) is 0. The predicted octanol–water partition coefficient (Wildman–Crippen LogP) is 6.41. The average molecular weight is 526 g/mol. The molecule has 0 bridgehead atoms. The highest BCUT2D eigenvalue weighted by atomic mass is 16.6. The van der Waals surface area contributed by atoms with E-state index in [9.17, 15) is 9.59 Å². The smallest absolute Gasteiger partial charge is 0.409 e. The number of carbonyl (C=O) groups excluding carboxylic acids is 2. The molecule has 39 heavy (non-hydrogen) atoms. The fraction of sp³-hybridized carbons (Fsp3) is 0.333. The van der Waals surface area contributed by atoms with Gasteiger partial charge in [0.15, 0.2) is 0 Å². The molecule has 0 atom stereocenters. The monoisotopic (exact) mass is 525 g/mol. The van der Waals surface area contributed by atoms with Crippen molar-refractivity contribution in [2.75, 3.05) is 44.8 Å². The van der Waals surface area contributed by atoms with E-state index in [1.807, 2.05) is 38.1 Å². The molecule has 1 heterocycles. The Kier molecular flexibility index (Phi) is 7.17. The van der Waals surface area contributed by atoms with Gasteiger partial charge in [-0.2, -0.15) is 0 Å². The molecule has 9 heteroatoms. The minimum atomic E-state index is -0.474. The minimum Gasteiger partial charge on any atom is -0.465 e. The SMILES string of the molecule is COC(=O)c1c(C)c(N=[N+]=[N-])c(C)c(N2CCN(C(=O)OCC3c4ccccc4-c4ccccc43)CC2)c1C. The van der Waals surface area contributed by atoms with Crippen molar-refractivity contribution in [2.45, 2.75) is 26.7 Å². The maximum absolute atomic E-state index is 13.1. The topological polar surface area (TPSA) is 108 Å². The lowest BCUT2D eigenvalue weighted by Gasteiger charge is -2.38. The third-order valence-corrected chi connectivity index (χ3v) is 7.90. The number of amides is 1. The third kappa shape index (κ3) is 4.55. The molecule has 0 saturated carbocycles. The van der Waals surface area contributed by atoms with Gasteiger partial charge in [-0.25, -0.2) is 9.59 Å². The lowest BCUT2D eigenvalue weighted by Crippen LogP contribution is -2.49. The van der Waals surface area contributed by atoms with Crippen LogP contribution >= 0.6 is 0 Å². The number of benzene rings is 3. The average Bonchev–Trinajstić information content (AvgIpc) is 3.28. The quantitative estimate of drug-likeness (QED) is 0.165. The molecule has 1 amide bonds. The van der Waals surface area contributed by atoms with Crippen LogP contribution in [0, 0.1) is 20.8 Å². The van der Waals surface area contributed by atoms with Crippen LogP contribution in [-0.4, -0.2) is 56.9 Å². The molecule has 1 aliphatic heterocycles. The van der Waals surface area contributed by atoms with Crippen LogP contribution in [0.5, 0.6) is 0 Å². The molecular formula is C30H31N5O4. The number of carbonyl (C=O) groups is 2. The molecule has 0 radical (unpaired) electrons. The maximum Gasteiger partial charge on any atom is 0.409 e. The number of azide groups is 1. The van der Waals surface area contributed by atoms with E-state index in [1.54, 1.807) is 11.8 Å². The fourth-order valence-corrected chi connectivity index (χ4v) is 6.07. The third-order valence-electron chi connectivity index (χ3n) is 7.90. The number of ether oxygens (including phenoxy) is 2. The van der Waals surface area contributed by atoms with Gasteiger partial charge in [0.25, 0.3) is 0 Å². The van der Waals surface area contributed by atoms with Crippen LogP contribution in [0.15, 0.2) is 53.6 Å². The lowest BCUT2D eigenvalue weighted by molar-refractivity contribution is 0.0599. The van der Waals surface area contributed by atoms with E-state index in [2.05, 4.69) is 39.2 Å². The standard InChI is InChI=1S/C30H31N5O4/c1-18-26(29(36)38-4)19(2)28(20(3)27(18)32-33-31)34-13-15-35(16-14-34)30(37)39-17-25-23-11-7-5-9-21(23)22-10-6-8-12-24(22)25/h5-12,25H,13-17H2,1-4H3. The summed E-state index contributed by atoms with van der Waals surface area (Å²) in [4.78, 5) is 32.5. The molecule has 3 aromatic carbocycles. The normalized spacial score (nSPS) is 14.4. The second-order valence-electron chi connectivity index (χ2n) is 9.91. The van der Waals surface area contributed by atoms with E-state index < -0.39 is 5.97 Å².